The molecule has 0 fully saturated rings. The average Bonchev–Trinajstić information content (AvgIpc) is 2.66. The van der Waals surface area contributed by atoms with E-state index >= 15 is 0 Å². The Hall–Kier alpha value is -2.14. The molecule has 0 saturated heterocycles. The number of phenols is 1. The molecule has 1 aliphatic heterocycles. The van der Waals surface area contributed by atoms with E-state index in [2.05, 4.69) is 26.2 Å². The van der Waals surface area contributed by atoms with Crippen molar-refractivity contribution in [2.24, 2.45) is 4.99 Å². The zero-order valence-electron chi connectivity index (χ0n) is 9.72. The number of fused-ring (bicyclic) bond motifs is 1. The van der Waals surface area contributed by atoms with Crippen molar-refractivity contribution in [3.8, 4) is 5.75 Å². The van der Waals surface area contributed by atoms with Crippen molar-refractivity contribution in [1.82, 2.24) is 0 Å². The second kappa shape index (κ2) is 4.51. The number of phenolic OH excluding ortho intramolecular Hbond substituents is 1. The normalized spacial score (nSPS) is 15.4. The first-order valence-electron chi connectivity index (χ1n) is 5.62. The molecule has 0 saturated carbocycles. The number of benzene rings is 2. The van der Waals surface area contributed by atoms with Crippen LogP contribution in [-0.2, 0) is 4.79 Å². The molecular weight excluding hydrogens is 308 g/mol. The molecule has 0 bridgehead atoms. The highest BCUT2D eigenvalue weighted by Crippen LogP contribution is 2.29. The molecule has 1 amide bonds. The third-order valence-corrected chi connectivity index (χ3v) is 3.26. The van der Waals surface area contributed by atoms with Gasteiger partial charge in [-0.3, -0.25) is 4.79 Å². The van der Waals surface area contributed by atoms with Gasteiger partial charge < -0.3 is 10.4 Å². The minimum Gasteiger partial charge on any atom is -0.508 e. The van der Waals surface area contributed by atoms with Crippen LogP contribution < -0.4 is 5.32 Å². The first-order valence-corrected chi connectivity index (χ1v) is 6.42. The van der Waals surface area contributed by atoms with Crippen LogP contribution in [0.2, 0.25) is 0 Å². The lowest BCUT2D eigenvalue weighted by molar-refractivity contribution is -0.110. The van der Waals surface area contributed by atoms with Crippen molar-refractivity contribution in [3.05, 3.63) is 52.5 Å². The number of nitrogens with one attached hydrogen (secondary N) is 1. The quantitative estimate of drug-likeness (QED) is 0.848. The number of carbonyl (C=O) groups excluding carboxylic acids is 1. The van der Waals surface area contributed by atoms with Crippen LogP contribution in [0.1, 0.15) is 5.56 Å². The van der Waals surface area contributed by atoms with Crippen LogP contribution in [0.15, 0.2) is 51.9 Å². The van der Waals surface area contributed by atoms with E-state index in [9.17, 15) is 9.90 Å². The molecule has 4 nitrogen and oxygen atoms in total. The van der Waals surface area contributed by atoms with Gasteiger partial charge in [0, 0.05) is 16.1 Å². The summed E-state index contributed by atoms with van der Waals surface area (Å²) in [4.78, 5) is 16.2. The van der Waals surface area contributed by atoms with Gasteiger partial charge in [-0.1, -0.05) is 22.0 Å². The summed E-state index contributed by atoms with van der Waals surface area (Å²) in [7, 11) is 0. The molecule has 94 valence electrons. The van der Waals surface area contributed by atoms with Crippen molar-refractivity contribution < 1.29 is 9.90 Å². The molecule has 0 unspecified atom stereocenters. The number of aliphatic imine (C=N–C) groups is 1. The van der Waals surface area contributed by atoms with Crippen LogP contribution in [0, 0.1) is 0 Å². The molecule has 3 rings (SSSR count). The Morgan fingerprint density at radius 2 is 2.00 bits per heavy atom. The standard InChI is InChI=1S/C14H9BrN2O2/c15-8-4-5-12-11(6-8)13(14(19)17-12)16-9-2-1-3-10(18)7-9/h1-7,18H,(H,16,17,19). The summed E-state index contributed by atoms with van der Waals surface area (Å²) >= 11 is 3.38. The van der Waals surface area contributed by atoms with Crippen LogP contribution in [0.4, 0.5) is 11.4 Å². The predicted molar refractivity (Wildman–Crippen MR) is 77.1 cm³/mol. The number of anilines is 1. The molecule has 0 aliphatic carbocycles. The fourth-order valence-electron chi connectivity index (χ4n) is 1.93. The van der Waals surface area contributed by atoms with Gasteiger partial charge in [-0.25, -0.2) is 4.99 Å². The van der Waals surface area contributed by atoms with E-state index in [-0.39, 0.29) is 11.7 Å². The van der Waals surface area contributed by atoms with Gasteiger partial charge in [-0.2, -0.15) is 0 Å². The van der Waals surface area contributed by atoms with Gasteiger partial charge >= 0.3 is 0 Å². The van der Waals surface area contributed by atoms with Crippen LogP contribution in [0.25, 0.3) is 0 Å². The van der Waals surface area contributed by atoms with Gasteiger partial charge in [0.05, 0.1) is 11.4 Å². The number of halogens is 1. The Balaban J connectivity index is 2.11. The molecule has 5 heteroatoms. The Morgan fingerprint density at radius 3 is 2.79 bits per heavy atom. The lowest BCUT2D eigenvalue weighted by Gasteiger charge is -1.99. The summed E-state index contributed by atoms with van der Waals surface area (Å²) < 4.78 is 0.881. The van der Waals surface area contributed by atoms with Gasteiger partial charge in [-0.05, 0) is 30.3 Å². The first-order chi connectivity index (χ1) is 9.13. The second-order valence-corrected chi connectivity index (χ2v) is 5.04. The van der Waals surface area contributed by atoms with Crippen molar-refractivity contribution in [3.63, 3.8) is 0 Å². The molecule has 2 aromatic rings. The number of nitrogens with zero attached hydrogens (tertiary/aromatic N) is 1. The van der Waals surface area contributed by atoms with Crippen molar-refractivity contribution in [2.45, 2.75) is 0 Å². The van der Waals surface area contributed by atoms with Gasteiger partial charge in [0.25, 0.3) is 5.91 Å². The average molecular weight is 317 g/mol. The Labute approximate surface area is 117 Å². The maximum Gasteiger partial charge on any atom is 0.275 e. The number of amides is 1. The van der Waals surface area contributed by atoms with E-state index in [0.717, 1.165) is 15.7 Å². The molecule has 1 aliphatic rings. The van der Waals surface area contributed by atoms with E-state index in [1.807, 2.05) is 18.2 Å². The third-order valence-electron chi connectivity index (χ3n) is 2.77. The van der Waals surface area contributed by atoms with Crippen molar-refractivity contribution in [2.75, 3.05) is 5.32 Å². The molecule has 0 spiro atoms. The van der Waals surface area contributed by atoms with E-state index in [4.69, 9.17) is 0 Å². The topological polar surface area (TPSA) is 61.7 Å². The summed E-state index contributed by atoms with van der Waals surface area (Å²) in [6.45, 7) is 0. The van der Waals surface area contributed by atoms with Crippen molar-refractivity contribution >= 4 is 38.9 Å². The highest BCUT2D eigenvalue weighted by atomic mass is 79.9. The van der Waals surface area contributed by atoms with Crippen LogP contribution >= 0.6 is 15.9 Å². The molecule has 19 heavy (non-hydrogen) atoms. The van der Waals surface area contributed by atoms with Crippen molar-refractivity contribution in [1.29, 1.82) is 0 Å². The molecule has 0 aromatic heterocycles. The van der Waals surface area contributed by atoms with Gasteiger partial charge in [0.1, 0.15) is 11.5 Å². The second-order valence-electron chi connectivity index (χ2n) is 4.12. The van der Waals surface area contributed by atoms with Crippen LogP contribution in [0.3, 0.4) is 0 Å². The monoisotopic (exact) mass is 316 g/mol. The number of rotatable bonds is 1. The Bertz CT molecular complexity index is 710. The van der Waals surface area contributed by atoms with Crippen LogP contribution in [0.5, 0.6) is 5.75 Å². The van der Waals surface area contributed by atoms with Gasteiger partial charge in [-0.15, -0.1) is 0 Å². The van der Waals surface area contributed by atoms with E-state index < -0.39 is 0 Å². The first kappa shape index (κ1) is 11.9. The molecule has 1 heterocycles. The van der Waals surface area contributed by atoms with E-state index in [0.29, 0.717) is 11.4 Å². The third kappa shape index (κ3) is 2.24. The maximum atomic E-state index is 11.9. The fourth-order valence-corrected chi connectivity index (χ4v) is 2.29. The SMILES string of the molecule is O=C1Nc2ccc(Br)cc2C1=Nc1cccc(O)c1. The number of hydrogen-bond donors (Lipinski definition) is 2. The van der Waals surface area contributed by atoms with E-state index in [1.165, 1.54) is 6.07 Å². The summed E-state index contributed by atoms with van der Waals surface area (Å²) in [6, 6.07) is 12.0. The summed E-state index contributed by atoms with van der Waals surface area (Å²) in [5.41, 5.74) is 2.38. The molecule has 0 radical (unpaired) electrons. The predicted octanol–water partition coefficient (Wildman–Crippen LogP) is 3.23. The molecule has 2 N–H and O–H groups in total. The lowest BCUT2D eigenvalue weighted by atomic mass is 10.1. The zero-order chi connectivity index (χ0) is 13.4. The Morgan fingerprint density at radius 1 is 1.16 bits per heavy atom. The number of carbonyl (C=O) groups is 1. The lowest BCUT2D eigenvalue weighted by Crippen LogP contribution is -2.13. The highest BCUT2D eigenvalue weighted by molar-refractivity contribution is 9.10. The summed E-state index contributed by atoms with van der Waals surface area (Å²) in [6.07, 6.45) is 0. The zero-order valence-corrected chi connectivity index (χ0v) is 11.3. The largest absolute Gasteiger partial charge is 0.508 e. The van der Waals surface area contributed by atoms with Gasteiger partial charge in [0.2, 0.25) is 0 Å². The molecule has 0 atom stereocenters. The van der Waals surface area contributed by atoms with Gasteiger partial charge in [0.15, 0.2) is 0 Å². The highest BCUT2D eigenvalue weighted by Gasteiger charge is 2.25. The minimum absolute atomic E-state index is 0.120. The fraction of sp³-hybridized carbons (Fsp3) is 0. The van der Waals surface area contributed by atoms with Crippen LogP contribution in [-0.4, -0.2) is 16.7 Å². The maximum absolute atomic E-state index is 11.9. The number of aromatic hydroxyl groups is 1. The smallest absolute Gasteiger partial charge is 0.275 e. The molecular formula is C14H9BrN2O2. The summed E-state index contributed by atoms with van der Waals surface area (Å²) in [5, 5.41) is 12.2. The summed E-state index contributed by atoms with van der Waals surface area (Å²) in [5.74, 6) is -0.119. The minimum atomic E-state index is -0.239. The Kier molecular flexibility index (Phi) is 2.83. The van der Waals surface area contributed by atoms with E-state index in [1.54, 1.807) is 18.2 Å². The number of hydrogen-bond acceptors (Lipinski definition) is 3. The molecule has 2 aromatic carbocycles.